The Morgan fingerprint density at radius 1 is 0.588 bits per heavy atom. The highest BCUT2D eigenvalue weighted by Crippen LogP contribution is 2.51. The van der Waals surface area contributed by atoms with E-state index < -0.39 is 0 Å². The SMILES string of the molecule is C=C/C=C(\C=C/C)C(/C)=C/C=C(\N)c1ccc2c(c1)c1cc3c4c(c1n2C(/C=C\C)=C/C=C)CCc1c-4c(cc2c4cc(C(=N)/C=C\C(=C)c5ccccc5)ccc4n(-c4ccccc4)c12)CC3. The second kappa shape index (κ2) is 18.2. The van der Waals surface area contributed by atoms with Crippen molar-refractivity contribution in [2.75, 3.05) is 0 Å². The summed E-state index contributed by atoms with van der Waals surface area (Å²) in [6.07, 6.45) is 27.9. The molecule has 10 rings (SSSR count). The molecule has 0 amide bonds. The fourth-order valence-corrected chi connectivity index (χ4v) is 10.7. The standard InChI is InChI=1S/C64H56N4/c1-7-17-43(18-8-2)41(5)25-33-57(65)45-29-35-59-53(37-45)55-39-47-27-28-48-40-56-54-38-46(58(66)34-26-42(6)44-21-13-11-14-22-44)30-36-60(54)68(50-23-15-12-16-24-50)64(56)52-32-31-51(61(47)62(48)52)63(55)67(59)49(19-9-3)20-10-4/h7-26,29-30,33-40,66H,1,3,6,27-28,31-32,65H2,2,4-5H3/b18-8-,20-10-,34-26-,41-25+,43-17+,49-19+,57-33-,66-58?. The Morgan fingerprint density at radius 3 is 1.87 bits per heavy atom. The molecule has 2 aliphatic carbocycles. The summed E-state index contributed by atoms with van der Waals surface area (Å²) in [6.45, 7) is 18.5. The van der Waals surface area contributed by atoms with E-state index in [-0.39, 0.29) is 0 Å². The largest absolute Gasteiger partial charge is 0.398 e. The molecule has 0 radical (unpaired) electrons. The molecular weight excluding hydrogens is 825 g/mol. The highest BCUT2D eigenvalue weighted by atomic mass is 15.0. The van der Waals surface area contributed by atoms with Crippen molar-refractivity contribution in [1.29, 1.82) is 5.41 Å². The smallest absolute Gasteiger partial charge is 0.0612 e. The summed E-state index contributed by atoms with van der Waals surface area (Å²) in [5.41, 5.74) is 29.5. The van der Waals surface area contributed by atoms with E-state index in [1.807, 2.05) is 67.7 Å². The zero-order valence-corrected chi connectivity index (χ0v) is 39.2. The Hall–Kier alpha value is -8.21. The number of nitrogens with two attached hydrogens (primary N) is 1. The van der Waals surface area contributed by atoms with Crippen LogP contribution in [0.4, 0.5) is 0 Å². The first-order valence-corrected chi connectivity index (χ1v) is 23.6. The Labute approximate surface area is 400 Å². The minimum absolute atomic E-state index is 0.456. The van der Waals surface area contributed by atoms with Crippen LogP contribution in [-0.2, 0) is 25.7 Å². The van der Waals surface area contributed by atoms with Crippen LogP contribution in [0.3, 0.4) is 0 Å². The lowest BCUT2D eigenvalue weighted by Crippen LogP contribution is -2.16. The minimum atomic E-state index is 0.456. The van der Waals surface area contributed by atoms with Crippen LogP contribution >= 0.6 is 0 Å². The fraction of sp³-hybridized carbons (Fsp3) is 0.109. The van der Waals surface area contributed by atoms with Crippen molar-refractivity contribution >= 4 is 66.3 Å². The molecule has 0 saturated heterocycles. The average Bonchev–Trinajstić information content (AvgIpc) is 3.88. The molecule has 0 unspecified atom stereocenters. The van der Waals surface area contributed by atoms with E-state index in [1.54, 1.807) is 0 Å². The number of fused-ring (bicyclic) bond motifs is 8. The predicted molar refractivity (Wildman–Crippen MR) is 294 cm³/mol. The number of hydrogen-bond acceptors (Lipinski definition) is 2. The number of allylic oxidation sites excluding steroid dienone is 16. The number of para-hydroxylation sites is 1. The number of hydrogen-bond donors (Lipinski definition) is 2. The van der Waals surface area contributed by atoms with Gasteiger partial charge < -0.3 is 20.3 Å². The van der Waals surface area contributed by atoms with Gasteiger partial charge in [0.2, 0.25) is 0 Å². The number of nitrogens with zero attached hydrogens (tertiary/aromatic N) is 2. The molecular formula is C64H56N4. The molecule has 2 aromatic heterocycles. The van der Waals surface area contributed by atoms with Gasteiger partial charge in [0.15, 0.2) is 0 Å². The van der Waals surface area contributed by atoms with Gasteiger partial charge in [-0.15, -0.1) is 0 Å². The van der Waals surface area contributed by atoms with Gasteiger partial charge in [0.05, 0.1) is 27.8 Å². The van der Waals surface area contributed by atoms with Crippen molar-refractivity contribution in [1.82, 2.24) is 9.13 Å². The maximum Gasteiger partial charge on any atom is 0.0612 e. The highest BCUT2D eigenvalue weighted by molar-refractivity contribution is 6.18. The second-order valence-electron chi connectivity index (χ2n) is 17.8. The van der Waals surface area contributed by atoms with Crippen LogP contribution in [0.1, 0.15) is 59.7 Å². The summed E-state index contributed by atoms with van der Waals surface area (Å²) in [5.74, 6) is 0. The van der Waals surface area contributed by atoms with Gasteiger partial charge in [-0.05, 0) is 181 Å². The zero-order chi connectivity index (χ0) is 47.1. The van der Waals surface area contributed by atoms with Crippen molar-refractivity contribution in [3.05, 3.63) is 252 Å². The van der Waals surface area contributed by atoms with Crippen LogP contribution in [0.25, 0.3) is 77.4 Å². The first-order chi connectivity index (χ1) is 33.2. The van der Waals surface area contributed by atoms with E-state index >= 15 is 0 Å². The molecule has 68 heavy (non-hydrogen) atoms. The van der Waals surface area contributed by atoms with E-state index in [0.717, 1.165) is 81.5 Å². The monoisotopic (exact) mass is 880 g/mol. The van der Waals surface area contributed by atoms with Crippen molar-refractivity contribution in [2.45, 2.75) is 46.5 Å². The molecule has 0 bridgehead atoms. The second-order valence-corrected chi connectivity index (χ2v) is 17.8. The van der Waals surface area contributed by atoms with Crippen LogP contribution in [0.2, 0.25) is 0 Å². The van der Waals surface area contributed by atoms with E-state index in [0.29, 0.717) is 11.4 Å². The topological polar surface area (TPSA) is 59.7 Å². The summed E-state index contributed by atoms with van der Waals surface area (Å²) >= 11 is 0. The highest BCUT2D eigenvalue weighted by Gasteiger charge is 2.33. The average molecular weight is 881 g/mol. The fourth-order valence-electron chi connectivity index (χ4n) is 10.7. The molecule has 0 saturated carbocycles. The molecule has 0 atom stereocenters. The summed E-state index contributed by atoms with van der Waals surface area (Å²) in [5, 5.41) is 14.1. The Bertz CT molecular complexity index is 3640. The van der Waals surface area contributed by atoms with Gasteiger partial charge in [-0.3, -0.25) is 0 Å². The van der Waals surface area contributed by atoms with Crippen molar-refractivity contribution in [3.8, 4) is 16.8 Å². The maximum absolute atomic E-state index is 9.20. The van der Waals surface area contributed by atoms with Gasteiger partial charge in [0, 0.05) is 44.2 Å². The molecule has 0 fully saturated rings. The Balaban J connectivity index is 1.18. The quantitative estimate of drug-likeness (QED) is 0.0880. The van der Waals surface area contributed by atoms with Crippen LogP contribution in [-0.4, -0.2) is 14.8 Å². The van der Waals surface area contributed by atoms with Crippen LogP contribution in [0, 0.1) is 5.41 Å². The number of aromatic nitrogens is 2. The lowest BCUT2D eigenvalue weighted by Gasteiger charge is -2.31. The van der Waals surface area contributed by atoms with E-state index in [2.05, 4.69) is 164 Å². The number of nitrogens with one attached hydrogen (secondary N) is 1. The Kier molecular flexibility index (Phi) is 11.7. The third-order valence-corrected chi connectivity index (χ3v) is 13.8. The van der Waals surface area contributed by atoms with Crippen LogP contribution in [0.15, 0.2) is 213 Å². The lowest BCUT2D eigenvalue weighted by molar-refractivity contribution is 0.884. The lowest BCUT2D eigenvalue weighted by atomic mass is 9.74. The van der Waals surface area contributed by atoms with Gasteiger partial charge in [0.1, 0.15) is 0 Å². The molecule has 3 N–H and O–H groups in total. The van der Waals surface area contributed by atoms with Crippen LogP contribution < -0.4 is 5.73 Å². The summed E-state index contributed by atoms with van der Waals surface area (Å²) in [7, 11) is 0. The van der Waals surface area contributed by atoms with Gasteiger partial charge in [-0.1, -0.05) is 129 Å². The molecule has 0 spiro atoms. The van der Waals surface area contributed by atoms with Crippen molar-refractivity contribution < 1.29 is 0 Å². The minimum Gasteiger partial charge on any atom is -0.398 e. The van der Waals surface area contributed by atoms with E-state index in [1.165, 1.54) is 66.0 Å². The maximum atomic E-state index is 9.20. The van der Waals surface area contributed by atoms with Crippen LogP contribution in [0.5, 0.6) is 0 Å². The molecule has 6 aromatic carbocycles. The number of rotatable bonds is 13. The molecule has 0 aliphatic heterocycles. The van der Waals surface area contributed by atoms with Gasteiger partial charge >= 0.3 is 0 Å². The predicted octanol–water partition coefficient (Wildman–Crippen LogP) is 15.9. The summed E-state index contributed by atoms with van der Waals surface area (Å²) < 4.78 is 4.93. The number of aryl methyl sites for hydroxylation is 4. The zero-order valence-electron chi connectivity index (χ0n) is 39.2. The first kappa shape index (κ1) is 43.7. The van der Waals surface area contributed by atoms with Crippen molar-refractivity contribution in [3.63, 3.8) is 0 Å². The van der Waals surface area contributed by atoms with E-state index in [4.69, 9.17) is 5.73 Å². The first-order valence-electron chi connectivity index (χ1n) is 23.6. The van der Waals surface area contributed by atoms with Gasteiger partial charge in [-0.25, -0.2) is 0 Å². The van der Waals surface area contributed by atoms with E-state index in [9.17, 15) is 5.41 Å². The molecule has 8 aromatic rings. The van der Waals surface area contributed by atoms with Crippen molar-refractivity contribution in [2.24, 2.45) is 5.73 Å². The molecule has 2 aliphatic rings. The third-order valence-electron chi connectivity index (χ3n) is 13.8. The normalized spacial score (nSPS) is 14.3. The van der Waals surface area contributed by atoms with Gasteiger partial charge in [0.25, 0.3) is 0 Å². The summed E-state index contributed by atoms with van der Waals surface area (Å²) in [4.78, 5) is 0. The number of benzene rings is 6. The molecule has 332 valence electrons. The molecule has 4 nitrogen and oxygen atoms in total. The molecule has 2 heterocycles. The Morgan fingerprint density at radius 2 is 1.19 bits per heavy atom. The third kappa shape index (κ3) is 7.49. The van der Waals surface area contributed by atoms with Gasteiger partial charge in [-0.2, -0.15) is 0 Å². The summed E-state index contributed by atoms with van der Waals surface area (Å²) in [6, 6.07) is 39.1. The molecule has 4 heteroatoms.